The average Bonchev–Trinajstić information content (AvgIpc) is 3.07. The molecule has 4 nitrogen and oxygen atoms in total. The summed E-state index contributed by atoms with van der Waals surface area (Å²) >= 11 is 0. The molecule has 1 amide bonds. The molecule has 0 spiro atoms. The summed E-state index contributed by atoms with van der Waals surface area (Å²) in [5.74, 6) is 0. The Kier molecular flexibility index (Phi) is 5.65. The van der Waals surface area contributed by atoms with Crippen LogP contribution in [0.5, 0.6) is 0 Å². The van der Waals surface area contributed by atoms with Crippen LogP contribution in [0.15, 0.2) is 67.3 Å². The highest BCUT2D eigenvalue weighted by Crippen LogP contribution is 2.32. The van der Waals surface area contributed by atoms with E-state index in [9.17, 15) is 4.79 Å². The predicted molar refractivity (Wildman–Crippen MR) is 110 cm³/mol. The highest BCUT2D eigenvalue weighted by atomic mass is 16.5. The van der Waals surface area contributed by atoms with Crippen molar-refractivity contribution in [3.05, 3.63) is 84.1 Å². The summed E-state index contributed by atoms with van der Waals surface area (Å²) in [6.45, 7) is 9.02. The fourth-order valence-electron chi connectivity index (χ4n) is 3.18. The topological polar surface area (TPSA) is 54.1 Å². The quantitative estimate of drug-likeness (QED) is 0.575. The van der Waals surface area contributed by atoms with Crippen LogP contribution in [-0.2, 0) is 23.2 Å². The molecule has 0 aliphatic carbocycles. The fourth-order valence-corrected chi connectivity index (χ4v) is 3.18. The number of para-hydroxylation sites is 1. The van der Waals surface area contributed by atoms with Gasteiger partial charge in [-0.3, -0.25) is 0 Å². The van der Waals surface area contributed by atoms with Crippen LogP contribution >= 0.6 is 0 Å². The Bertz CT molecular complexity index is 926. The smallest absolute Gasteiger partial charge is 0.407 e. The summed E-state index contributed by atoms with van der Waals surface area (Å²) in [6, 6.07) is 17.9. The zero-order chi connectivity index (χ0) is 19.3. The number of fused-ring (bicyclic) bond motifs is 1. The molecule has 0 aliphatic heterocycles. The Morgan fingerprint density at radius 2 is 1.85 bits per heavy atom. The second-order valence-electron chi connectivity index (χ2n) is 7.19. The first-order valence-corrected chi connectivity index (χ1v) is 9.19. The SMILES string of the molecule is C=CC(C)(C)c1[nH]c2ccccc2c1CCNC(=O)OCc1ccccc1. The average molecular weight is 362 g/mol. The molecule has 0 bridgehead atoms. The normalized spacial score (nSPS) is 11.3. The lowest BCUT2D eigenvalue weighted by molar-refractivity contribution is 0.140. The minimum Gasteiger partial charge on any atom is -0.445 e. The summed E-state index contributed by atoms with van der Waals surface area (Å²) in [5, 5.41) is 4.03. The predicted octanol–water partition coefficient (Wildman–Crippen LogP) is 5.10. The molecule has 3 aromatic rings. The van der Waals surface area contributed by atoms with Gasteiger partial charge in [-0.25, -0.2) is 4.79 Å². The molecule has 0 saturated heterocycles. The first kappa shape index (κ1) is 18.8. The number of ether oxygens (including phenoxy) is 1. The van der Waals surface area contributed by atoms with Crippen molar-refractivity contribution >= 4 is 17.0 Å². The van der Waals surface area contributed by atoms with E-state index in [1.807, 2.05) is 48.5 Å². The van der Waals surface area contributed by atoms with E-state index in [1.54, 1.807) is 0 Å². The number of nitrogens with one attached hydrogen (secondary N) is 2. The Labute approximate surface area is 160 Å². The molecule has 0 saturated carbocycles. The van der Waals surface area contributed by atoms with Gasteiger partial charge in [0.2, 0.25) is 0 Å². The number of aromatic nitrogens is 1. The molecule has 4 heteroatoms. The van der Waals surface area contributed by atoms with E-state index >= 15 is 0 Å². The van der Waals surface area contributed by atoms with Gasteiger partial charge in [-0.15, -0.1) is 6.58 Å². The van der Waals surface area contributed by atoms with Gasteiger partial charge in [0.15, 0.2) is 0 Å². The van der Waals surface area contributed by atoms with E-state index in [2.05, 4.69) is 42.9 Å². The van der Waals surface area contributed by atoms with E-state index in [0.717, 1.165) is 23.2 Å². The van der Waals surface area contributed by atoms with Crippen molar-refractivity contribution in [1.29, 1.82) is 0 Å². The Hall–Kier alpha value is -3.01. The minimum absolute atomic E-state index is 0.178. The van der Waals surface area contributed by atoms with Gasteiger partial charge in [-0.1, -0.05) is 68.5 Å². The van der Waals surface area contributed by atoms with Crippen molar-refractivity contribution in [2.45, 2.75) is 32.3 Å². The maximum absolute atomic E-state index is 12.0. The number of benzene rings is 2. The number of rotatable bonds is 7. The number of H-pyrrole nitrogens is 1. The molecular formula is C23H26N2O2. The van der Waals surface area contributed by atoms with Crippen molar-refractivity contribution in [3.63, 3.8) is 0 Å². The second-order valence-corrected chi connectivity index (χ2v) is 7.19. The number of aromatic amines is 1. The standard InChI is InChI=1S/C23H26N2O2/c1-4-23(2,3)21-19(18-12-8-9-13-20(18)25-21)14-15-24-22(26)27-16-17-10-6-5-7-11-17/h4-13,25H,1,14-16H2,2-3H3,(H,24,26). The number of amides is 1. The van der Waals surface area contributed by atoms with Gasteiger partial charge in [0.1, 0.15) is 6.61 Å². The van der Waals surface area contributed by atoms with Gasteiger partial charge in [-0.2, -0.15) is 0 Å². The van der Waals surface area contributed by atoms with Gasteiger partial charge >= 0.3 is 6.09 Å². The van der Waals surface area contributed by atoms with Gasteiger partial charge in [0.05, 0.1) is 0 Å². The Morgan fingerprint density at radius 3 is 2.59 bits per heavy atom. The summed E-state index contributed by atoms with van der Waals surface area (Å²) in [4.78, 5) is 15.5. The molecule has 0 unspecified atom stereocenters. The zero-order valence-electron chi connectivity index (χ0n) is 15.9. The highest BCUT2D eigenvalue weighted by Gasteiger charge is 2.23. The van der Waals surface area contributed by atoms with Crippen molar-refractivity contribution in [2.75, 3.05) is 6.54 Å². The van der Waals surface area contributed by atoms with Gasteiger partial charge < -0.3 is 15.0 Å². The summed E-state index contributed by atoms with van der Waals surface area (Å²) in [7, 11) is 0. The third kappa shape index (κ3) is 4.40. The molecule has 27 heavy (non-hydrogen) atoms. The van der Waals surface area contributed by atoms with Crippen molar-refractivity contribution in [3.8, 4) is 0 Å². The molecular weight excluding hydrogens is 336 g/mol. The van der Waals surface area contributed by atoms with Crippen LogP contribution < -0.4 is 5.32 Å². The number of allylic oxidation sites excluding steroid dienone is 1. The summed E-state index contributed by atoms with van der Waals surface area (Å²) < 4.78 is 5.28. The van der Waals surface area contributed by atoms with Crippen LogP contribution in [0.3, 0.4) is 0 Å². The summed E-state index contributed by atoms with van der Waals surface area (Å²) in [5.41, 5.74) is 4.24. The monoisotopic (exact) mass is 362 g/mol. The van der Waals surface area contributed by atoms with Gasteiger partial charge in [-0.05, 0) is 23.6 Å². The lowest BCUT2D eigenvalue weighted by Crippen LogP contribution is -2.27. The fraction of sp³-hybridized carbons (Fsp3) is 0.261. The molecule has 0 radical (unpaired) electrons. The Morgan fingerprint density at radius 1 is 1.15 bits per heavy atom. The van der Waals surface area contributed by atoms with Crippen LogP contribution in [0.2, 0.25) is 0 Å². The molecule has 1 aromatic heterocycles. The zero-order valence-corrected chi connectivity index (χ0v) is 15.9. The van der Waals surface area contributed by atoms with E-state index in [4.69, 9.17) is 4.74 Å². The van der Waals surface area contributed by atoms with Crippen LogP contribution in [0.4, 0.5) is 4.79 Å². The second kappa shape index (κ2) is 8.12. The number of hydrogen-bond donors (Lipinski definition) is 2. The van der Waals surface area contributed by atoms with Gasteiger partial charge in [0.25, 0.3) is 0 Å². The van der Waals surface area contributed by atoms with E-state index < -0.39 is 6.09 Å². The highest BCUT2D eigenvalue weighted by molar-refractivity contribution is 5.85. The lowest BCUT2D eigenvalue weighted by atomic mass is 9.86. The number of carbonyl (C=O) groups is 1. The number of alkyl carbamates (subject to hydrolysis) is 1. The van der Waals surface area contributed by atoms with Gasteiger partial charge in [0, 0.05) is 28.6 Å². The van der Waals surface area contributed by atoms with Crippen molar-refractivity contribution in [1.82, 2.24) is 10.3 Å². The molecule has 140 valence electrons. The lowest BCUT2D eigenvalue weighted by Gasteiger charge is -2.21. The molecule has 3 rings (SSSR count). The van der Waals surface area contributed by atoms with Crippen molar-refractivity contribution in [2.24, 2.45) is 0 Å². The maximum atomic E-state index is 12.0. The van der Waals surface area contributed by atoms with Crippen LogP contribution in [0.25, 0.3) is 10.9 Å². The third-order valence-electron chi connectivity index (χ3n) is 4.83. The number of hydrogen-bond acceptors (Lipinski definition) is 2. The molecule has 0 atom stereocenters. The van der Waals surface area contributed by atoms with Crippen LogP contribution in [-0.4, -0.2) is 17.6 Å². The minimum atomic E-state index is -0.400. The largest absolute Gasteiger partial charge is 0.445 e. The van der Waals surface area contributed by atoms with E-state index in [1.165, 1.54) is 10.9 Å². The third-order valence-corrected chi connectivity index (χ3v) is 4.83. The Balaban J connectivity index is 1.65. The van der Waals surface area contributed by atoms with Crippen LogP contribution in [0, 0.1) is 0 Å². The first-order chi connectivity index (χ1) is 13.0. The molecule has 0 aliphatic rings. The first-order valence-electron chi connectivity index (χ1n) is 9.19. The maximum Gasteiger partial charge on any atom is 0.407 e. The van der Waals surface area contributed by atoms with E-state index in [-0.39, 0.29) is 12.0 Å². The number of carbonyl (C=O) groups excluding carboxylic acids is 1. The molecule has 2 aromatic carbocycles. The molecule has 1 heterocycles. The van der Waals surface area contributed by atoms with Crippen LogP contribution in [0.1, 0.15) is 30.7 Å². The van der Waals surface area contributed by atoms with E-state index in [0.29, 0.717) is 6.54 Å². The van der Waals surface area contributed by atoms with Crippen molar-refractivity contribution < 1.29 is 9.53 Å². The molecule has 2 N–H and O–H groups in total. The summed E-state index contributed by atoms with van der Waals surface area (Å²) in [6.07, 6.45) is 2.27. The molecule has 0 fully saturated rings.